The Morgan fingerprint density at radius 3 is 2.11 bits per heavy atom. The third-order valence-electron chi connectivity index (χ3n) is 3.81. The molecule has 3 aromatic rings. The second-order valence-corrected chi connectivity index (χ2v) is 7.40. The molecule has 142 valence electrons. The van der Waals surface area contributed by atoms with Crippen LogP contribution in [0.1, 0.15) is 10.4 Å². The third kappa shape index (κ3) is 4.33. The first-order valence-electron chi connectivity index (χ1n) is 8.09. The second-order valence-electron chi connectivity index (χ2n) is 5.72. The van der Waals surface area contributed by atoms with Gasteiger partial charge >= 0.3 is 0 Å². The van der Waals surface area contributed by atoms with E-state index in [1.165, 1.54) is 12.1 Å². The van der Waals surface area contributed by atoms with Gasteiger partial charge in [0.15, 0.2) is 0 Å². The SMILES string of the molecule is O=C(Nc1ccccc1)c1ccccc1NS(=O)(=O)c1ccc([N+](=O)[O-])cc1. The van der Waals surface area contributed by atoms with Crippen molar-refractivity contribution in [3.63, 3.8) is 0 Å². The number of hydrogen-bond donors (Lipinski definition) is 2. The number of nitro groups is 1. The van der Waals surface area contributed by atoms with Crippen LogP contribution in [0.15, 0.2) is 83.8 Å². The Morgan fingerprint density at radius 2 is 1.46 bits per heavy atom. The zero-order valence-electron chi connectivity index (χ0n) is 14.4. The quantitative estimate of drug-likeness (QED) is 0.486. The molecular weight excluding hydrogens is 382 g/mol. The highest BCUT2D eigenvalue weighted by molar-refractivity contribution is 7.92. The topological polar surface area (TPSA) is 118 Å². The van der Waals surface area contributed by atoms with Gasteiger partial charge in [-0.15, -0.1) is 0 Å². The number of sulfonamides is 1. The molecule has 0 radical (unpaired) electrons. The highest BCUT2D eigenvalue weighted by Crippen LogP contribution is 2.22. The maximum Gasteiger partial charge on any atom is 0.269 e. The number of nitrogens with zero attached hydrogens (tertiary/aromatic N) is 1. The number of amides is 1. The maximum atomic E-state index is 12.6. The van der Waals surface area contributed by atoms with Gasteiger partial charge in [-0.3, -0.25) is 19.6 Å². The Balaban J connectivity index is 1.86. The van der Waals surface area contributed by atoms with Crippen molar-refractivity contribution in [3.8, 4) is 0 Å². The van der Waals surface area contributed by atoms with Gasteiger partial charge in [-0.2, -0.15) is 0 Å². The van der Waals surface area contributed by atoms with E-state index in [9.17, 15) is 23.3 Å². The van der Waals surface area contributed by atoms with Crippen LogP contribution in [0.3, 0.4) is 0 Å². The fraction of sp³-hybridized carbons (Fsp3) is 0. The Bertz CT molecular complexity index is 1110. The predicted octanol–water partition coefficient (Wildman–Crippen LogP) is 3.65. The molecule has 0 atom stereocenters. The first kappa shape index (κ1) is 19.1. The molecule has 0 spiro atoms. The van der Waals surface area contributed by atoms with Crippen LogP contribution < -0.4 is 10.0 Å². The standard InChI is InChI=1S/C19H15N3O5S/c23-19(20-14-6-2-1-3-7-14)17-8-4-5-9-18(17)21-28(26,27)16-12-10-15(11-13-16)22(24)25/h1-13,21H,(H,20,23). The molecular formula is C19H15N3O5S. The van der Waals surface area contributed by atoms with E-state index in [-0.39, 0.29) is 21.8 Å². The van der Waals surface area contributed by atoms with Crippen molar-refractivity contribution in [1.82, 2.24) is 0 Å². The van der Waals surface area contributed by atoms with Gasteiger partial charge < -0.3 is 5.32 Å². The van der Waals surface area contributed by atoms with Crippen molar-refractivity contribution in [1.29, 1.82) is 0 Å². The van der Waals surface area contributed by atoms with Gasteiger partial charge in [0.05, 0.1) is 21.1 Å². The van der Waals surface area contributed by atoms with Crippen LogP contribution in [-0.2, 0) is 10.0 Å². The molecule has 0 unspecified atom stereocenters. The van der Waals surface area contributed by atoms with Crippen LogP contribution in [0.25, 0.3) is 0 Å². The molecule has 1 amide bonds. The molecule has 8 nitrogen and oxygen atoms in total. The van der Waals surface area contributed by atoms with E-state index < -0.39 is 20.9 Å². The number of nitrogens with one attached hydrogen (secondary N) is 2. The summed E-state index contributed by atoms with van der Waals surface area (Å²) < 4.78 is 27.6. The molecule has 0 aliphatic heterocycles. The third-order valence-corrected chi connectivity index (χ3v) is 5.19. The van der Waals surface area contributed by atoms with Gasteiger partial charge in [-0.1, -0.05) is 30.3 Å². The van der Waals surface area contributed by atoms with Gasteiger partial charge in [0.2, 0.25) is 0 Å². The fourth-order valence-corrected chi connectivity index (χ4v) is 3.52. The Morgan fingerprint density at radius 1 is 0.857 bits per heavy atom. The van der Waals surface area contributed by atoms with E-state index in [1.54, 1.807) is 36.4 Å². The first-order chi connectivity index (χ1) is 13.4. The lowest BCUT2D eigenvalue weighted by Crippen LogP contribution is -2.18. The summed E-state index contributed by atoms with van der Waals surface area (Å²) in [4.78, 5) is 22.5. The van der Waals surface area contributed by atoms with E-state index in [1.807, 2.05) is 6.07 Å². The summed E-state index contributed by atoms with van der Waals surface area (Å²) in [5.74, 6) is -0.479. The molecule has 0 saturated carbocycles. The molecule has 28 heavy (non-hydrogen) atoms. The summed E-state index contributed by atoms with van der Waals surface area (Å²) in [5.41, 5.74) is 0.577. The van der Waals surface area contributed by atoms with E-state index in [4.69, 9.17) is 0 Å². The van der Waals surface area contributed by atoms with Crippen molar-refractivity contribution in [2.45, 2.75) is 4.90 Å². The van der Waals surface area contributed by atoms with Crippen LogP contribution >= 0.6 is 0 Å². The number of anilines is 2. The van der Waals surface area contributed by atoms with Crippen molar-refractivity contribution >= 4 is 33.0 Å². The van der Waals surface area contributed by atoms with Crippen LogP contribution in [0.5, 0.6) is 0 Å². The van der Waals surface area contributed by atoms with E-state index in [0.29, 0.717) is 5.69 Å². The van der Waals surface area contributed by atoms with E-state index in [0.717, 1.165) is 24.3 Å². The van der Waals surface area contributed by atoms with Gasteiger partial charge in [0, 0.05) is 17.8 Å². The fourth-order valence-electron chi connectivity index (χ4n) is 2.44. The minimum atomic E-state index is -4.04. The first-order valence-corrected chi connectivity index (χ1v) is 9.58. The van der Waals surface area contributed by atoms with Gasteiger partial charge in [0.25, 0.3) is 21.6 Å². The van der Waals surface area contributed by atoms with Gasteiger partial charge in [-0.25, -0.2) is 8.42 Å². The molecule has 3 rings (SSSR count). The summed E-state index contributed by atoms with van der Waals surface area (Å²) in [7, 11) is -4.04. The zero-order valence-corrected chi connectivity index (χ0v) is 15.2. The maximum absolute atomic E-state index is 12.6. The summed E-state index contributed by atoms with van der Waals surface area (Å²) >= 11 is 0. The van der Waals surface area contributed by atoms with Crippen molar-refractivity contribution in [2.75, 3.05) is 10.0 Å². The number of hydrogen-bond acceptors (Lipinski definition) is 5. The molecule has 0 fully saturated rings. The molecule has 0 aromatic heterocycles. The summed E-state index contributed by atoms with van der Waals surface area (Å²) in [6.07, 6.45) is 0. The zero-order chi connectivity index (χ0) is 20.1. The number of non-ortho nitro benzene ring substituents is 1. The highest BCUT2D eigenvalue weighted by atomic mass is 32.2. The molecule has 2 N–H and O–H groups in total. The number of nitro benzene ring substituents is 1. The minimum absolute atomic E-state index is 0.0919. The number of para-hydroxylation sites is 2. The van der Waals surface area contributed by atoms with E-state index >= 15 is 0 Å². The molecule has 0 bridgehead atoms. The Hall–Kier alpha value is -3.72. The van der Waals surface area contributed by atoms with Crippen LogP contribution in [0.2, 0.25) is 0 Å². The molecule has 0 aliphatic rings. The summed E-state index contributed by atoms with van der Waals surface area (Å²) in [6, 6.07) is 19.4. The molecule has 0 aliphatic carbocycles. The number of carbonyl (C=O) groups is 1. The Labute approximate surface area is 161 Å². The predicted molar refractivity (Wildman–Crippen MR) is 105 cm³/mol. The number of benzene rings is 3. The molecule has 0 saturated heterocycles. The number of carbonyl (C=O) groups excluding carboxylic acids is 1. The van der Waals surface area contributed by atoms with Crippen molar-refractivity contribution in [3.05, 3.63) is 94.5 Å². The van der Waals surface area contributed by atoms with Gasteiger partial charge in [-0.05, 0) is 36.4 Å². The van der Waals surface area contributed by atoms with Crippen LogP contribution in [-0.4, -0.2) is 19.2 Å². The van der Waals surface area contributed by atoms with Crippen LogP contribution in [0, 0.1) is 10.1 Å². The van der Waals surface area contributed by atoms with Crippen molar-refractivity contribution in [2.24, 2.45) is 0 Å². The lowest BCUT2D eigenvalue weighted by atomic mass is 10.1. The van der Waals surface area contributed by atoms with Crippen molar-refractivity contribution < 1.29 is 18.1 Å². The largest absolute Gasteiger partial charge is 0.322 e. The highest BCUT2D eigenvalue weighted by Gasteiger charge is 2.19. The summed E-state index contributed by atoms with van der Waals surface area (Å²) in [5, 5.41) is 13.4. The van der Waals surface area contributed by atoms with Crippen LogP contribution in [0.4, 0.5) is 17.1 Å². The monoisotopic (exact) mass is 397 g/mol. The average Bonchev–Trinajstić information content (AvgIpc) is 2.69. The summed E-state index contributed by atoms with van der Waals surface area (Å²) in [6.45, 7) is 0. The molecule has 3 aromatic carbocycles. The second kappa shape index (κ2) is 7.89. The average molecular weight is 397 g/mol. The number of rotatable bonds is 6. The molecule has 9 heteroatoms. The van der Waals surface area contributed by atoms with Gasteiger partial charge in [0.1, 0.15) is 0 Å². The lowest BCUT2D eigenvalue weighted by Gasteiger charge is -2.13. The lowest BCUT2D eigenvalue weighted by molar-refractivity contribution is -0.384. The molecule has 0 heterocycles. The Kier molecular flexibility index (Phi) is 5.37. The van der Waals surface area contributed by atoms with E-state index in [2.05, 4.69) is 10.0 Å². The smallest absolute Gasteiger partial charge is 0.269 e. The minimum Gasteiger partial charge on any atom is -0.322 e. The normalized spacial score (nSPS) is 10.9.